The highest BCUT2D eigenvalue weighted by molar-refractivity contribution is 6.52. The Hall–Kier alpha value is -3.61. The number of aliphatic hydroxyl groups excluding tert-OH is 1. The number of benzene rings is 2. The largest absolute Gasteiger partial charge is 0.508 e. The summed E-state index contributed by atoms with van der Waals surface area (Å²) in [5.74, 6) is -3.96. The molecule has 7 nitrogen and oxygen atoms in total. The Kier molecular flexibility index (Phi) is 3.16. The lowest BCUT2D eigenvalue weighted by molar-refractivity contribution is -0.110. The van der Waals surface area contributed by atoms with Gasteiger partial charge in [-0.15, -0.1) is 0 Å². The molecule has 2 aromatic carbocycles. The smallest absolute Gasteiger partial charge is 0.202 e. The van der Waals surface area contributed by atoms with Gasteiger partial charge in [0.15, 0.2) is 0 Å². The van der Waals surface area contributed by atoms with Crippen molar-refractivity contribution in [3.05, 3.63) is 46.0 Å². The van der Waals surface area contributed by atoms with Gasteiger partial charge in [-0.05, 0) is 17.4 Å². The zero-order chi connectivity index (χ0) is 17.8. The molecule has 0 heterocycles. The highest BCUT2D eigenvalue weighted by Crippen LogP contribution is 2.45. The van der Waals surface area contributed by atoms with Crippen molar-refractivity contribution in [1.29, 1.82) is 0 Å². The predicted molar refractivity (Wildman–Crippen MR) is 83.9 cm³/mol. The van der Waals surface area contributed by atoms with E-state index in [1.54, 1.807) is 0 Å². The first-order valence-corrected chi connectivity index (χ1v) is 6.71. The van der Waals surface area contributed by atoms with E-state index in [0.717, 1.165) is 12.1 Å². The Balaban J connectivity index is 2.33. The van der Waals surface area contributed by atoms with Crippen molar-refractivity contribution < 1.29 is 35.4 Å². The van der Waals surface area contributed by atoms with Gasteiger partial charge >= 0.3 is 0 Å². The quantitative estimate of drug-likeness (QED) is 0.443. The van der Waals surface area contributed by atoms with Crippen LogP contribution < -0.4 is 10.4 Å². The fourth-order valence-electron chi connectivity index (χ4n) is 2.64. The number of hydrogen-bond acceptors (Lipinski definition) is 7. The maximum atomic E-state index is 12.4. The van der Waals surface area contributed by atoms with Crippen LogP contribution >= 0.6 is 0 Å². The molecule has 0 amide bonds. The zero-order valence-electron chi connectivity index (χ0n) is 12.1. The summed E-state index contributed by atoms with van der Waals surface area (Å²) < 4.78 is 0. The second-order valence-corrected chi connectivity index (χ2v) is 5.30. The summed E-state index contributed by atoms with van der Waals surface area (Å²) in [7, 11) is 0. The fourth-order valence-corrected chi connectivity index (χ4v) is 2.64. The molecule has 0 spiro atoms. The lowest BCUT2D eigenvalue weighted by Crippen LogP contribution is -2.27. The number of allylic oxidation sites excluding steroid dienone is 2. The second-order valence-electron chi connectivity index (χ2n) is 5.30. The topological polar surface area (TPSA) is 138 Å². The molecule has 1 aliphatic rings. The first-order chi connectivity index (χ1) is 11.2. The molecule has 0 unspecified atom stereocenters. The van der Waals surface area contributed by atoms with Crippen LogP contribution in [0.4, 0.5) is 0 Å². The van der Waals surface area contributed by atoms with E-state index in [1.165, 1.54) is 12.1 Å². The van der Waals surface area contributed by atoms with Crippen LogP contribution in [0.5, 0.6) is 28.7 Å². The number of carbonyl (C=O) groups excluding carboxylic acids is 1. The van der Waals surface area contributed by atoms with Gasteiger partial charge in [0.2, 0.25) is 5.78 Å². The van der Waals surface area contributed by atoms with E-state index in [2.05, 4.69) is 6.58 Å². The van der Waals surface area contributed by atoms with Crippen molar-refractivity contribution in [2.45, 2.75) is 0 Å². The highest BCUT2D eigenvalue weighted by Gasteiger charge is 2.39. The van der Waals surface area contributed by atoms with Crippen molar-refractivity contribution in [3.63, 3.8) is 0 Å². The average molecular weight is 328 g/mol. The molecule has 122 valence electrons. The number of aromatic hydroxyl groups is 5. The van der Waals surface area contributed by atoms with Gasteiger partial charge in [0, 0.05) is 12.1 Å². The van der Waals surface area contributed by atoms with Crippen LogP contribution in [0, 0.1) is 0 Å². The summed E-state index contributed by atoms with van der Waals surface area (Å²) in [5.41, 5.74) is -1.10. The van der Waals surface area contributed by atoms with Crippen LogP contribution in [-0.4, -0.2) is 36.4 Å². The summed E-state index contributed by atoms with van der Waals surface area (Å²) in [6.45, 7) is 3.54. The predicted octanol–water partition coefficient (Wildman–Crippen LogP) is 0.328. The molecule has 1 aliphatic carbocycles. The molecule has 0 atom stereocenters. The van der Waals surface area contributed by atoms with E-state index >= 15 is 0 Å². The highest BCUT2D eigenvalue weighted by atomic mass is 16.3. The van der Waals surface area contributed by atoms with Crippen LogP contribution in [-0.2, 0) is 4.79 Å². The van der Waals surface area contributed by atoms with Crippen LogP contribution in [0.2, 0.25) is 0 Å². The minimum absolute atomic E-state index is 0.272. The standard InChI is InChI=1S/C17H12O7/c1-6-2-8(19)12(9(20)3-6)14-16(23)15(17(14)24)13-10(21)4-7(18)5-11(13)22/h2-5,18-23H,1H2. The number of ketones is 1. The number of hydrogen-bond donors (Lipinski definition) is 6. The first kappa shape index (κ1) is 15.3. The van der Waals surface area contributed by atoms with Crippen LogP contribution in [0.3, 0.4) is 0 Å². The second kappa shape index (κ2) is 4.95. The Morgan fingerprint density at radius 3 is 1.67 bits per heavy atom. The van der Waals surface area contributed by atoms with Crippen molar-refractivity contribution >= 4 is 23.5 Å². The van der Waals surface area contributed by atoms with Crippen LogP contribution in [0.15, 0.2) is 30.0 Å². The lowest BCUT2D eigenvalue weighted by atomic mass is 9.81. The monoisotopic (exact) mass is 328 g/mol. The molecular weight excluding hydrogens is 316 g/mol. The summed E-state index contributed by atoms with van der Waals surface area (Å²) >= 11 is 0. The molecule has 7 heteroatoms. The number of carbonyl (C=O) groups is 1. The third kappa shape index (κ3) is 2.03. The van der Waals surface area contributed by atoms with Crippen LogP contribution in [0.25, 0.3) is 17.7 Å². The number of Topliss-reactive ketones (excluding diaryl/α,β-unsaturated/α-hetero) is 1. The third-order valence-electron chi connectivity index (χ3n) is 3.67. The maximum absolute atomic E-state index is 12.4. The minimum atomic E-state index is -0.800. The van der Waals surface area contributed by atoms with Gasteiger partial charge in [0.05, 0.1) is 21.9 Å². The average Bonchev–Trinajstić information content (AvgIpc) is 2.46. The Labute approximate surface area is 134 Å². The molecule has 0 saturated heterocycles. The van der Waals surface area contributed by atoms with Crippen molar-refractivity contribution in [1.82, 2.24) is 0 Å². The van der Waals surface area contributed by atoms with Gasteiger partial charge in [0.25, 0.3) is 0 Å². The van der Waals surface area contributed by atoms with Gasteiger partial charge in [-0.2, -0.15) is 0 Å². The van der Waals surface area contributed by atoms with Gasteiger partial charge < -0.3 is 30.6 Å². The van der Waals surface area contributed by atoms with E-state index in [0.29, 0.717) is 5.22 Å². The molecule has 0 radical (unpaired) electrons. The molecule has 2 aromatic rings. The maximum Gasteiger partial charge on any atom is 0.202 e. The molecule has 0 aliphatic heterocycles. The number of phenolic OH excluding ortho intramolecular Hbond substituents is 5. The zero-order valence-corrected chi connectivity index (χ0v) is 12.1. The fraction of sp³-hybridized carbons (Fsp3) is 0. The molecule has 0 aromatic heterocycles. The molecule has 6 N–H and O–H groups in total. The van der Waals surface area contributed by atoms with Gasteiger partial charge in [0.1, 0.15) is 34.5 Å². The summed E-state index contributed by atoms with van der Waals surface area (Å²) in [6, 6.07) is 4.20. The third-order valence-corrected chi connectivity index (χ3v) is 3.67. The van der Waals surface area contributed by atoms with E-state index in [1.807, 2.05) is 0 Å². The van der Waals surface area contributed by atoms with E-state index in [9.17, 15) is 35.4 Å². The van der Waals surface area contributed by atoms with E-state index in [-0.39, 0.29) is 16.4 Å². The molecular formula is C17H12O7. The van der Waals surface area contributed by atoms with E-state index in [4.69, 9.17) is 0 Å². The van der Waals surface area contributed by atoms with Crippen molar-refractivity contribution in [3.8, 4) is 28.7 Å². The summed E-state index contributed by atoms with van der Waals surface area (Å²) in [6.07, 6.45) is 0. The Morgan fingerprint density at radius 1 is 0.708 bits per heavy atom. The Morgan fingerprint density at radius 2 is 1.21 bits per heavy atom. The minimum Gasteiger partial charge on any atom is -0.508 e. The number of rotatable bonds is 1. The van der Waals surface area contributed by atoms with Gasteiger partial charge in [-0.3, -0.25) is 4.79 Å². The molecule has 24 heavy (non-hydrogen) atoms. The number of aliphatic hydroxyl groups is 1. The van der Waals surface area contributed by atoms with Crippen molar-refractivity contribution in [2.75, 3.05) is 0 Å². The number of phenols is 5. The Bertz CT molecular complexity index is 995. The van der Waals surface area contributed by atoms with E-state index < -0.39 is 45.9 Å². The van der Waals surface area contributed by atoms with Crippen LogP contribution in [0.1, 0.15) is 5.56 Å². The first-order valence-electron chi connectivity index (χ1n) is 6.71. The summed E-state index contributed by atoms with van der Waals surface area (Å²) in [4.78, 5) is 12.4. The molecule has 0 fully saturated rings. The molecule has 3 rings (SSSR count). The van der Waals surface area contributed by atoms with Gasteiger partial charge in [-0.1, -0.05) is 6.58 Å². The lowest BCUT2D eigenvalue weighted by Gasteiger charge is -2.23. The molecule has 0 bridgehead atoms. The SMILES string of the molecule is C=c1cc(O)c(=C2C(=O)C(c3c(O)cc(O)cc3O)=C2O)c(O)c1. The van der Waals surface area contributed by atoms with Gasteiger partial charge in [-0.25, -0.2) is 0 Å². The summed E-state index contributed by atoms with van der Waals surface area (Å²) in [5, 5.41) is 58.9. The molecule has 0 saturated carbocycles. The normalized spacial score (nSPS) is 14.0. The van der Waals surface area contributed by atoms with Crippen molar-refractivity contribution in [2.24, 2.45) is 0 Å².